The van der Waals surface area contributed by atoms with Gasteiger partial charge in [-0.05, 0) is 35.9 Å². The summed E-state index contributed by atoms with van der Waals surface area (Å²) in [5.74, 6) is 0.992. The molecule has 2 aromatic carbocycles. The fourth-order valence-corrected chi connectivity index (χ4v) is 3.81. The highest BCUT2D eigenvalue weighted by atomic mass is 35.5. The van der Waals surface area contributed by atoms with Gasteiger partial charge in [0.25, 0.3) is 0 Å². The monoisotopic (exact) mass is 419 g/mol. The summed E-state index contributed by atoms with van der Waals surface area (Å²) in [7, 11) is 0. The van der Waals surface area contributed by atoms with Crippen molar-refractivity contribution in [1.82, 2.24) is 14.9 Å². The lowest BCUT2D eigenvalue weighted by atomic mass is 10.1. The van der Waals surface area contributed by atoms with Gasteiger partial charge >= 0.3 is 0 Å². The van der Waals surface area contributed by atoms with E-state index in [1.807, 2.05) is 54.7 Å². The molecular weight excluding hydrogens is 398 g/mol. The molecule has 1 amide bonds. The molecule has 0 unspecified atom stereocenters. The Kier molecular flexibility index (Phi) is 6.12. The summed E-state index contributed by atoms with van der Waals surface area (Å²) < 4.78 is 0. The van der Waals surface area contributed by atoms with Crippen molar-refractivity contribution in [3.63, 3.8) is 0 Å². The number of aromatic amines is 1. The van der Waals surface area contributed by atoms with Crippen molar-refractivity contribution in [1.29, 1.82) is 5.26 Å². The van der Waals surface area contributed by atoms with Gasteiger partial charge in [-0.1, -0.05) is 29.8 Å². The number of aromatic nitrogens is 2. The fourth-order valence-electron chi connectivity index (χ4n) is 3.62. The summed E-state index contributed by atoms with van der Waals surface area (Å²) in [5, 5.41) is 9.52. The van der Waals surface area contributed by atoms with Crippen LogP contribution in [0.15, 0.2) is 54.7 Å². The molecule has 152 valence electrons. The topological polar surface area (TPSA) is 76.0 Å². The Balaban J connectivity index is 1.28. The quantitative estimate of drug-likeness (QED) is 0.664. The van der Waals surface area contributed by atoms with Gasteiger partial charge in [0.15, 0.2) is 0 Å². The first-order valence-corrected chi connectivity index (χ1v) is 10.3. The van der Waals surface area contributed by atoms with Gasteiger partial charge in [0.05, 0.1) is 18.2 Å². The summed E-state index contributed by atoms with van der Waals surface area (Å²) >= 11 is 6.05. The van der Waals surface area contributed by atoms with Gasteiger partial charge in [-0.3, -0.25) is 9.69 Å². The van der Waals surface area contributed by atoms with Crippen LogP contribution in [0.2, 0.25) is 5.02 Å². The Labute approximate surface area is 180 Å². The van der Waals surface area contributed by atoms with Crippen LogP contribution < -0.4 is 4.90 Å². The van der Waals surface area contributed by atoms with Gasteiger partial charge < -0.3 is 9.88 Å². The Morgan fingerprint density at radius 3 is 2.73 bits per heavy atom. The molecule has 0 radical (unpaired) electrons. The van der Waals surface area contributed by atoms with E-state index >= 15 is 0 Å². The van der Waals surface area contributed by atoms with Gasteiger partial charge in [0.2, 0.25) is 5.91 Å². The Hall–Kier alpha value is -3.14. The second-order valence-electron chi connectivity index (χ2n) is 7.39. The molecule has 1 aliphatic rings. The lowest BCUT2D eigenvalue weighted by Gasteiger charge is -2.34. The van der Waals surface area contributed by atoms with E-state index in [2.05, 4.69) is 20.9 Å². The van der Waals surface area contributed by atoms with Crippen molar-refractivity contribution in [2.45, 2.75) is 12.8 Å². The van der Waals surface area contributed by atoms with Crippen LogP contribution >= 0.6 is 11.6 Å². The smallest absolute Gasteiger partial charge is 0.241 e. The first-order valence-electron chi connectivity index (χ1n) is 9.91. The standard InChI is InChI=1S/C23H22ClN5O/c24-19-2-1-3-21(13-19)29-11-10-28(16-23(29)30)9-8-20-15-26-22(27-20)12-17-4-6-18(14-25)7-5-17/h1-7,13,15H,8-12,16H2,(H,26,27). The SMILES string of the molecule is N#Cc1ccc(Cc2ncc(CCN3CCN(c4cccc(Cl)c4)C(=O)C3)[nH]2)cc1. The highest BCUT2D eigenvalue weighted by molar-refractivity contribution is 6.30. The third kappa shape index (κ3) is 4.88. The number of imidazole rings is 1. The van der Waals surface area contributed by atoms with Crippen molar-refractivity contribution < 1.29 is 4.79 Å². The molecule has 2 heterocycles. The van der Waals surface area contributed by atoms with Crippen LogP contribution in [-0.4, -0.2) is 47.0 Å². The number of anilines is 1. The molecule has 1 N–H and O–H groups in total. The van der Waals surface area contributed by atoms with Crippen LogP contribution in [0.4, 0.5) is 5.69 Å². The van der Waals surface area contributed by atoms with Crippen LogP contribution in [0.25, 0.3) is 0 Å². The number of nitrogens with one attached hydrogen (secondary N) is 1. The Morgan fingerprint density at radius 2 is 2.00 bits per heavy atom. The second kappa shape index (κ2) is 9.12. The minimum absolute atomic E-state index is 0.0923. The van der Waals surface area contributed by atoms with Gasteiger partial charge in [-0.2, -0.15) is 5.26 Å². The number of benzene rings is 2. The molecule has 4 rings (SSSR count). The predicted molar refractivity (Wildman–Crippen MR) is 116 cm³/mol. The number of nitrogens with zero attached hydrogens (tertiary/aromatic N) is 4. The summed E-state index contributed by atoms with van der Waals surface area (Å²) in [6.45, 7) is 2.68. The molecule has 0 atom stereocenters. The van der Waals surface area contributed by atoms with Crippen LogP contribution in [0.1, 0.15) is 22.6 Å². The minimum atomic E-state index is 0.0923. The number of carbonyl (C=O) groups excluding carboxylic acids is 1. The molecule has 6 nitrogen and oxygen atoms in total. The van der Waals surface area contributed by atoms with Gasteiger partial charge in [-0.15, -0.1) is 0 Å². The van der Waals surface area contributed by atoms with Crippen LogP contribution in [0.3, 0.4) is 0 Å². The number of piperazine rings is 1. The van der Waals surface area contributed by atoms with E-state index in [1.165, 1.54) is 0 Å². The molecule has 1 aliphatic heterocycles. The molecule has 0 spiro atoms. The molecule has 1 saturated heterocycles. The molecule has 0 saturated carbocycles. The number of carbonyl (C=O) groups is 1. The van der Waals surface area contributed by atoms with Gasteiger partial charge in [0, 0.05) is 55.1 Å². The number of halogens is 1. The zero-order valence-corrected chi connectivity index (χ0v) is 17.3. The normalized spacial score (nSPS) is 14.7. The van der Waals surface area contributed by atoms with Crippen molar-refractivity contribution in [2.24, 2.45) is 0 Å². The van der Waals surface area contributed by atoms with Crippen molar-refractivity contribution in [3.8, 4) is 6.07 Å². The number of amides is 1. The number of hydrogen-bond acceptors (Lipinski definition) is 4. The Morgan fingerprint density at radius 1 is 1.17 bits per heavy atom. The maximum atomic E-state index is 12.6. The van der Waals surface area contributed by atoms with E-state index in [-0.39, 0.29) is 5.91 Å². The van der Waals surface area contributed by atoms with E-state index < -0.39 is 0 Å². The molecule has 1 fully saturated rings. The van der Waals surface area contributed by atoms with E-state index in [0.29, 0.717) is 30.1 Å². The molecule has 0 bridgehead atoms. The average Bonchev–Trinajstić information content (AvgIpc) is 3.20. The molecule has 0 aliphatic carbocycles. The summed E-state index contributed by atoms with van der Waals surface area (Å²) in [6.07, 6.45) is 3.37. The zero-order chi connectivity index (χ0) is 20.9. The highest BCUT2D eigenvalue weighted by Gasteiger charge is 2.25. The summed E-state index contributed by atoms with van der Waals surface area (Å²) in [6, 6.07) is 17.1. The van der Waals surface area contributed by atoms with E-state index in [0.717, 1.165) is 42.3 Å². The molecule has 7 heteroatoms. The van der Waals surface area contributed by atoms with Crippen molar-refractivity contribution in [3.05, 3.63) is 82.4 Å². The van der Waals surface area contributed by atoms with Crippen LogP contribution in [0.5, 0.6) is 0 Å². The highest BCUT2D eigenvalue weighted by Crippen LogP contribution is 2.21. The lowest BCUT2D eigenvalue weighted by molar-refractivity contribution is -0.121. The third-order valence-corrected chi connectivity index (χ3v) is 5.49. The molecule has 3 aromatic rings. The number of H-pyrrole nitrogens is 1. The molecular formula is C23H22ClN5O. The maximum absolute atomic E-state index is 12.6. The zero-order valence-electron chi connectivity index (χ0n) is 16.5. The molecule has 1 aromatic heterocycles. The number of rotatable bonds is 6. The minimum Gasteiger partial charge on any atom is -0.346 e. The molecule has 30 heavy (non-hydrogen) atoms. The Bertz CT molecular complexity index is 1070. The van der Waals surface area contributed by atoms with E-state index in [4.69, 9.17) is 16.9 Å². The second-order valence-corrected chi connectivity index (χ2v) is 7.83. The van der Waals surface area contributed by atoms with Crippen molar-refractivity contribution >= 4 is 23.2 Å². The van der Waals surface area contributed by atoms with Crippen LogP contribution in [-0.2, 0) is 17.6 Å². The van der Waals surface area contributed by atoms with Crippen LogP contribution in [0, 0.1) is 11.3 Å². The predicted octanol–water partition coefficient (Wildman–Crippen LogP) is 3.42. The first-order chi connectivity index (χ1) is 14.6. The van der Waals surface area contributed by atoms with Gasteiger partial charge in [0.1, 0.15) is 5.82 Å². The maximum Gasteiger partial charge on any atom is 0.241 e. The fraction of sp³-hybridized carbons (Fsp3) is 0.261. The third-order valence-electron chi connectivity index (χ3n) is 5.25. The first kappa shape index (κ1) is 20.1. The van der Waals surface area contributed by atoms with E-state index in [9.17, 15) is 4.79 Å². The lowest BCUT2D eigenvalue weighted by Crippen LogP contribution is -2.50. The largest absolute Gasteiger partial charge is 0.346 e. The summed E-state index contributed by atoms with van der Waals surface area (Å²) in [4.78, 5) is 24.4. The number of hydrogen-bond donors (Lipinski definition) is 1. The van der Waals surface area contributed by atoms with Crippen molar-refractivity contribution in [2.75, 3.05) is 31.1 Å². The van der Waals surface area contributed by atoms with Gasteiger partial charge in [-0.25, -0.2) is 4.98 Å². The van der Waals surface area contributed by atoms with E-state index in [1.54, 1.807) is 4.90 Å². The number of nitriles is 1. The summed E-state index contributed by atoms with van der Waals surface area (Å²) in [5.41, 5.74) is 3.68. The average molecular weight is 420 g/mol.